The summed E-state index contributed by atoms with van der Waals surface area (Å²) >= 11 is 0. The molecule has 0 aliphatic heterocycles. The van der Waals surface area contributed by atoms with Crippen LogP contribution in [0.1, 0.15) is 59.0 Å². The molecule has 4 aromatic rings. The van der Waals surface area contributed by atoms with E-state index in [1.165, 1.54) is 12.0 Å². The van der Waals surface area contributed by atoms with Crippen molar-refractivity contribution in [2.24, 2.45) is 0 Å². The summed E-state index contributed by atoms with van der Waals surface area (Å²) in [6.45, 7) is 5.21. The summed E-state index contributed by atoms with van der Waals surface area (Å²) in [7, 11) is -3.34. The molecular weight excluding hydrogens is 580 g/mol. The Balaban J connectivity index is 1.66. The number of ether oxygens (including phenoxy) is 1. The average Bonchev–Trinajstić information content (AvgIpc) is 3.41. The van der Waals surface area contributed by atoms with Gasteiger partial charge in [0.2, 0.25) is 5.78 Å². The molecule has 0 bridgehead atoms. The lowest BCUT2D eigenvalue weighted by Gasteiger charge is -2.22. The van der Waals surface area contributed by atoms with Crippen LogP contribution in [0.4, 0.5) is 0 Å². The minimum atomic E-state index is -4.52. The van der Waals surface area contributed by atoms with Crippen LogP contribution in [0.25, 0.3) is 0 Å². The van der Waals surface area contributed by atoms with Crippen LogP contribution in [-0.4, -0.2) is 47.7 Å². The Morgan fingerprint density at radius 2 is 1.36 bits per heavy atom. The van der Waals surface area contributed by atoms with Crippen molar-refractivity contribution in [1.82, 2.24) is 8.87 Å². The third-order valence-corrected chi connectivity index (χ3v) is 9.39. The first-order valence-corrected chi connectivity index (χ1v) is 15.2. The summed E-state index contributed by atoms with van der Waals surface area (Å²) in [5.41, 5.74) is 1.70. The van der Waals surface area contributed by atoms with Crippen LogP contribution in [0.2, 0.25) is 0 Å². The van der Waals surface area contributed by atoms with E-state index in [1.54, 1.807) is 26.0 Å². The molecule has 5 rings (SSSR count). The first-order chi connectivity index (χ1) is 20.9. The van der Waals surface area contributed by atoms with Crippen molar-refractivity contribution in [1.29, 1.82) is 0 Å². The number of allylic oxidation sites excluding steroid dienone is 2. The van der Waals surface area contributed by atoms with Gasteiger partial charge in [-0.3, -0.25) is 19.2 Å². The van der Waals surface area contributed by atoms with E-state index in [2.05, 4.69) is 0 Å². The first kappa shape index (κ1) is 30.4. The fourth-order valence-electron chi connectivity index (χ4n) is 5.57. The van der Waals surface area contributed by atoms with Gasteiger partial charge in [-0.1, -0.05) is 78.4 Å². The molecule has 1 aliphatic rings. The molecule has 0 atom stereocenters. The number of nitrogens with zero attached hydrogens (tertiary/aromatic N) is 2. The molecule has 0 spiro atoms. The van der Waals surface area contributed by atoms with E-state index in [4.69, 9.17) is 4.74 Å². The molecule has 0 saturated carbocycles. The molecular formula is C34H30N2O7S. The lowest BCUT2D eigenvalue weighted by molar-refractivity contribution is -0.127. The van der Waals surface area contributed by atoms with Gasteiger partial charge >= 0.3 is 0 Å². The second-order valence-corrected chi connectivity index (χ2v) is 12.4. The Kier molecular flexibility index (Phi) is 8.21. The molecule has 1 aromatic heterocycles. The zero-order valence-corrected chi connectivity index (χ0v) is 25.5. The Labute approximate surface area is 255 Å². The average molecular weight is 611 g/mol. The van der Waals surface area contributed by atoms with Gasteiger partial charge in [-0.2, -0.15) is 0 Å². The standard InChI is InChI=1S/C34H30N2O7S/c1-21-15-22(2)33(23(3)16-21)44(41,42)36-20-26(29-27(37)17-28(43-4)32(39)30(29)36)31(38)34(40)35(18-24-11-7-5-8-12-24)19-25-13-9-6-10-14-25/h5-17,20H,18-19H2,1-4H3. The normalized spacial score (nSPS) is 12.9. The van der Waals surface area contributed by atoms with Crippen LogP contribution < -0.4 is 0 Å². The molecule has 1 heterocycles. The molecule has 10 heteroatoms. The van der Waals surface area contributed by atoms with Crippen LogP contribution in [0.15, 0.2) is 95.7 Å². The van der Waals surface area contributed by atoms with Gasteiger partial charge in [-0.05, 0) is 43.0 Å². The van der Waals surface area contributed by atoms with Crippen LogP contribution in [0, 0.1) is 20.8 Å². The summed E-state index contributed by atoms with van der Waals surface area (Å²) in [5, 5.41) is 0. The topological polar surface area (TPSA) is 120 Å². The number of rotatable bonds is 9. The van der Waals surface area contributed by atoms with Crippen molar-refractivity contribution < 1.29 is 32.3 Å². The minimum Gasteiger partial charge on any atom is -0.492 e. The van der Waals surface area contributed by atoms with Crippen LogP contribution in [0.5, 0.6) is 0 Å². The number of carbonyl (C=O) groups is 4. The maximum Gasteiger partial charge on any atom is 0.295 e. The Morgan fingerprint density at radius 1 is 0.841 bits per heavy atom. The van der Waals surface area contributed by atoms with E-state index in [-0.39, 0.29) is 23.7 Å². The summed E-state index contributed by atoms with van der Waals surface area (Å²) in [6.07, 6.45) is 1.81. The number of amides is 1. The maximum absolute atomic E-state index is 14.2. The second kappa shape index (κ2) is 11.9. The number of aryl methyl sites for hydroxylation is 3. The van der Waals surface area contributed by atoms with E-state index in [1.807, 2.05) is 67.6 Å². The minimum absolute atomic E-state index is 0.0733. The SMILES string of the molecule is COC1=CC(=O)c2c(C(=O)C(=O)N(Cc3ccccc3)Cc3ccccc3)cn(S(=O)(=O)c3c(C)cc(C)cc3C)c2C1=O. The molecule has 9 nitrogen and oxygen atoms in total. The number of carbonyl (C=O) groups excluding carboxylic acids is 4. The quantitative estimate of drug-likeness (QED) is 0.194. The Morgan fingerprint density at radius 3 is 1.86 bits per heavy atom. The molecule has 1 amide bonds. The predicted molar refractivity (Wildman–Crippen MR) is 163 cm³/mol. The molecule has 3 aromatic carbocycles. The number of benzene rings is 3. The summed E-state index contributed by atoms with van der Waals surface area (Å²) in [5.74, 6) is -4.18. The van der Waals surface area contributed by atoms with Crippen molar-refractivity contribution in [3.8, 4) is 0 Å². The third kappa shape index (κ3) is 5.51. The zero-order valence-electron chi connectivity index (χ0n) is 24.7. The van der Waals surface area contributed by atoms with Gasteiger partial charge in [0.25, 0.3) is 21.7 Å². The number of fused-ring (bicyclic) bond motifs is 1. The zero-order chi connectivity index (χ0) is 31.8. The first-order valence-electron chi connectivity index (χ1n) is 13.8. The highest BCUT2D eigenvalue weighted by molar-refractivity contribution is 7.90. The number of Topliss-reactive ketones (excluding diaryl/α,β-unsaturated/α-hetero) is 2. The number of aromatic nitrogens is 1. The lowest BCUT2D eigenvalue weighted by Crippen LogP contribution is -2.36. The highest BCUT2D eigenvalue weighted by Gasteiger charge is 2.41. The van der Waals surface area contributed by atoms with Crippen molar-refractivity contribution in [3.63, 3.8) is 0 Å². The number of ketones is 3. The summed E-state index contributed by atoms with van der Waals surface area (Å²) in [4.78, 5) is 56.0. The second-order valence-electron chi connectivity index (χ2n) is 10.7. The number of hydrogen-bond donors (Lipinski definition) is 0. The molecule has 0 saturated heterocycles. The summed E-state index contributed by atoms with van der Waals surface area (Å²) < 4.78 is 34.0. The largest absolute Gasteiger partial charge is 0.492 e. The van der Waals surface area contributed by atoms with Crippen LogP contribution >= 0.6 is 0 Å². The van der Waals surface area contributed by atoms with Crippen molar-refractivity contribution in [3.05, 3.63) is 135 Å². The lowest BCUT2D eigenvalue weighted by atomic mass is 9.95. The number of hydrogen-bond acceptors (Lipinski definition) is 7. The Bertz CT molecular complexity index is 1890. The molecule has 1 aliphatic carbocycles. The van der Waals surface area contributed by atoms with E-state index in [0.29, 0.717) is 15.1 Å². The van der Waals surface area contributed by atoms with E-state index in [0.717, 1.165) is 29.0 Å². The summed E-state index contributed by atoms with van der Waals surface area (Å²) in [6, 6.07) is 21.5. The van der Waals surface area contributed by atoms with Gasteiger partial charge in [0.1, 0.15) is 5.69 Å². The Hall–Kier alpha value is -5.09. The highest BCUT2D eigenvalue weighted by atomic mass is 32.2. The fourth-order valence-corrected chi connectivity index (χ4v) is 7.36. The molecule has 0 N–H and O–H groups in total. The van der Waals surface area contributed by atoms with Crippen LogP contribution in [-0.2, 0) is 32.6 Å². The van der Waals surface area contributed by atoms with Gasteiger partial charge in [0, 0.05) is 25.4 Å². The van der Waals surface area contributed by atoms with E-state index in [9.17, 15) is 27.6 Å². The van der Waals surface area contributed by atoms with Gasteiger partial charge < -0.3 is 9.64 Å². The molecule has 0 unspecified atom stereocenters. The van der Waals surface area contributed by atoms with E-state index >= 15 is 0 Å². The van der Waals surface area contributed by atoms with Crippen LogP contribution in [0.3, 0.4) is 0 Å². The van der Waals surface area contributed by atoms with Gasteiger partial charge in [-0.25, -0.2) is 12.4 Å². The van der Waals surface area contributed by atoms with E-state index < -0.39 is 50.1 Å². The third-order valence-electron chi connectivity index (χ3n) is 7.42. The molecule has 44 heavy (non-hydrogen) atoms. The van der Waals surface area contributed by atoms with Crippen molar-refractivity contribution >= 4 is 33.3 Å². The fraction of sp³-hybridized carbons (Fsp3) is 0.176. The number of methoxy groups -OCH3 is 1. The predicted octanol–water partition coefficient (Wildman–Crippen LogP) is 4.97. The molecule has 224 valence electrons. The van der Waals surface area contributed by atoms with Gasteiger partial charge in [0.15, 0.2) is 11.5 Å². The van der Waals surface area contributed by atoms with Crippen molar-refractivity contribution in [2.75, 3.05) is 7.11 Å². The highest BCUT2D eigenvalue weighted by Crippen LogP contribution is 2.33. The molecule has 0 fully saturated rings. The van der Waals surface area contributed by atoms with Gasteiger partial charge in [-0.15, -0.1) is 0 Å². The van der Waals surface area contributed by atoms with Crippen molar-refractivity contribution in [2.45, 2.75) is 38.8 Å². The maximum atomic E-state index is 14.2. The molecule has 0 radical (unpaired) electrons. The smallest absolute Gasteiger partial charge is 0.295 e. The monoisotopic (exact) mass is 610 g/mol. The van der Waals surface area contributed by atoms with Gasteiger partial charge in [0.05, 0.1) is 23.1 Å².